The molecule has 7 aliphatic rings. The lowest BCUT2D eigenvalue weighted by molar-refractivity contribution is 0.382. The predicted octanol–water partition coefficient (Wildman–Crippen LogP) is 11.4. The monoisotopic (exact) mass is 604 g/mol. The molecule has 1 aromatic rings. The molecule has 0 saturated heterocycles. The van der Waals surface area contributed by atoms with E-state index in [1.165, 1.54) is 53.5 Å². The van der Waals surface area contributed by atoms with Gasteiger partial charge in [-0.3, -0.25) is 0 Å². The van der Waals surface area contributed by atoms with Crippen molar-refractivity contribution in [3.63, 3.8) is 0 Å². The van der Waals surface area contributed by atoms with Gasteiger partial charge >= 0.3 is 0 Å². The van der Waals surface area contributed by atoms with Crippen LogP contribution in [0.3, 0.4) is 0 Å². The molecule has 1 N–H and O–H groups in total. The van der Waals surface area contributed by atoms with Gasteiger partial charge in [0.25, 0.3) is 0 Å². The van der Waals surface area contributed by atoms with Gasteiger partial charge < -0.3 is 5.11 Å². The van der Waals surface area contributed by atoms with Gasteiger partial charge in [-0.2, -0.15) is 0 Å². The predicted molar refractivity (Wildman–Crippen MR) is 192 cm³/mol. The molecule has 1 aromatic carbocycles. The van der Waals surface area contributed by atoms with Crippen molar-refractivity contribution in [2.24, 2.45) is 41.4 Å². The molecular weight excluding hydrogens is 556 g/mol. The largest absolute Gasteiger partial charge is 0.508 e. The molecule has 0 fully saturated rings. The summed E-state index contributed by atoms with van der Waals surface area (Å²) in [5.41, 5.74) is 13.4. The van der Waals surface area contributed by atoms with Crippen LogP contribution in [0.1, 0.15) is 70.8 Å². The smallest absolute Gasteiger partial charge is 0.119 e. The Morgan fingerprint density at radius 3 is 2.48 bits per heavy atom. The Hall–Kier alpha value is -3.84. The van der Waals surface area contributed by atoms with E-state index in [4.69, 9.17) is 0 Å². The zero-order valence-corrected chi connectivity index (χ0v) is 27.7. The summed E-state index contributed by atoms with van der Waals surface area (Å²) < 4.78 is 0. The fourth-order valence-electron chi connectivity index (χ4n) is 10.1. The average molecular weight is 605 g/mol. The SMILES string of the molecule is CC1=C(C2C=CC=CC2C)C=C(C2=C3C=CCCC3=C(C3C=C4C=CC=CC4CC3)C3CCC=CC23)C(C)C1c1ccccc1O. The van der Waals surface area contributed by atoms with Crippen molar-refractivity contribution >= 4 is 0 Å². The van der Waals surface area contributed by atoms with Crippen LogP contribution in [-0.2, 0) is 0 Å². The second-order valence-corrected chi connectivity index (χ2v) is 14.8. The van der Waals surface area contributed by atoms with Gasteiger partial charge in [0, 0.05) is 29.2 Å². The van der Waals surface area contributed by atoms with Crippen LogP contribution in [0, 0.1) is 41.4 Å². The first kappa shape index (κ1) is 29.6. The molecule has 1 heteroatoms. The maximum atomic E-state index is 11.3. The number of para-hydroxylation sites is 1. The highest BCUT2D eigenvalue weighted by Crippen LogP contribution is 2.57. The Morgan fingerprint density at radius 1 is 0.783 bits per heavy atom. The number of rotatable bonds is 4. The van der Waals surface area contributed by atoms with Crippen LogP contribution in [0.15, 0.2) is 154 Å². The van der Waals surface area contributed by atoms with Crippen LogP contribution in [-0.4, -0.2) is 5.11 Å². The van der Waals surface area contributed by atoms with Crippen molar-refractivity contribution in [2.75, 3.05) is 0 Å². The fourth-order valence-corrected chi connectivity index (χ4v) is 10.1. The van der Waals surface area contributed by atoms with Crippen molar-refractivity contribution in [1.82, 2.24) is 0 Å². The van der Waals surface area contributed by atoms with Crippen LogP contribution in [0.2, 0.25) is 0 Å². The number of hydrogen-bond donors (Lipinski definition) is 1. The molecule has 8 unspecified atom stereocenters. The van der Waals surface area contributed by atoms with Crippen LogP contribution in [0.5, 0.6) is 5.75 Å². The molecule has 234 valence electrons. The molecule has 0 aromatic heterocycles. The first-order valence-electron chi connectivity index (χ1n) is 17.9. The van der Waals surface area contributed by atoms with Crippen molar-refractivity contribution in [1.29, 1.82) is 0 Å². The summed E-state index contributed by atoms with van der Waals surface area (Å²) in [5.74, 6) is 3.63. The number of phenols is 1. The van der Waals surface area contributed by atoms with Crippen molar-refractivity contribution < 1.29 is 5.11 Å². The molecular formula is C45H48O. The second kappa shape index (κ2) is 12.1. The first-order chi connectivity index (χ1) is 22.5. The second-order valence-electron chi connectivity index (χ2n) is 14.8. The third kappa shape index (κ3) is 4.90. The molecule has 8 atom stereocenters. The zero-order valence-electron chi connectivity index (χ0n) is 27.7. The van der Waals surface area contributed by atoms with E-state index in [9.17, 15) is 5.11 Å². The Morgan fingerprint density at radius 2 is 1.61 bits per heavy atom. The quantitative estimate of drug-likeness (QED) is 0.339. The highest BCUT2D eigenvalue weighted by atomic mass is 16.3. The van der Waals surface area contributed by atoms with E-state index in [-0.39, 0.29) is 11.8 Å². The minimum atomic E-state index is 0.134. The number of phenolic OH excluding ortho intramolecular Hbond substituents is 1. The molecule has 0 spiro atoms. The van der Waals surface area contributed by atoms with E-state index >= 15 is 0 Å². The average Bonchev–Trinajstić information content (AvgIpc) is 3.09. The van der Waals surface area contributed by atoms with Crippen LogP contribution < -0.4 is 0 Å². The molecule has 46 heavy (non-hydrogen) atoms. The molecule has 0 radical (unpaired) electrons. The fraction of sp³-hybridized carbons (Fsp3) is 0.378. The van der Waals surface area contributed by atoms with Crippen LogP contribution in [0.25, 0.3) is 0 Å². The maximum absolute atomic E-state index is 11.3. The molecule has 0 amide bonds. The van der Waals surface area contributed by atoms with Crippen molar-refractivity contribution in [2.45, 2.75) is 65.2 Å². The molecule has 7 aliphatic carbocycles. The van der Waals surface area contributed by atoms with Crippen LogP contribution in [0.4, 0.5) is 0 Å². The normalized spacial score (nSPS) is 34.8. The topological polar surface area (TPSA) is 20.2 Å². The summed E-state index contributed by atoms with van der Waals surface area (Å²) in [7, 11) is 0. The van der Waals surface area contributed by atoms with E-state index in [0.29, 0.717) is 41.3 Å². The third-order valence-corrected chi connectivity index (χ3v) is 12.3. The summed E-state index contributed by atoms with van der Waals surface area (Å²) in [6.07, 6.45) is 40.8. The summed E-state index contributed by atoms with van der Waals surface area (Å²) in [6.45, 7) is 7.11. The molecule has 0 aliphatic heterocycles. The van der Waals surface area contributed by atoms with E-state index in [1.54, 1.807) is 16.7 Å². The summed E-state index contributed by atoms with van der Waals surface area (Å²) >= 11 is 0. The van der Waals surface area contributed by atoms with E-state index in [1.807, 2.05) is 12.1 Å². The summed E-state index contributed by atoms with van der Waals surface area (Å²) in [6, 6.07) is 8.08. The van der Waals surface area contributed by atoms with Gasteiger partial charge in [0.2, 0.25) is 0 Å². The Balaban J connectivity index is 1.33. The van der Waals surface area contributed by atoms with Gasteiger partial charge in [-0.1, -0.05) is 128 Å². The highest BCUT2D eigenvalue weighted by Gasteiger charge is 2.44. The zero-order chi connectivity index (χ0) is 31.4. The van der Waals surface area contributed by atoms with Gasteiger partial charge in [-0.15, -0.1) is 0 Å². The lowest BCUT2D eigenvalue weighted by atomic mass is 9.58. The summed E-state index contributed by atoms with van der Waals surface area (Å²) in [4.78, 5) is 0. The van der Waals surface area contributed by atoms with Crippen molar-refractivity contribution in [3.05, 3.63) is 159 Å². The highest BCUT2D eigenvalue weighted by molar-refractivity contribution is 5.64. The minimum Gasteiger partial charge on any atom is -0.508 e. The van der Waals surface area contributed by atoms with Gasteiger partial charge in [0.1, 0.15) is 5.75 Å². The Labute approximate surface area is 276 Å². The third-order valence-electron chi connectivity index (χ3n) is 12.3. The maximum Gasteiger partial charge on any atom is 0.119 e. The van der Waals surface area contributed by atoms with Gasteiger partial charge in [-0.05, 0) is 109 Å². The molecule has 0 bridgehead atoms. The standard InChI is InChI=1S/C45H48O/c1-28-14-4-7-17-34(28)40-27-41(30(3)43(29(40)2)39-22-12-13-23-42(39)46)45-37-20-10-8-18-35(37)44(36-19-9-11-21-38(36)45)33-25-24-31-15-5-6-16-32(31)26-33/h4-7,10-17,20-23,26-28,30-31,33-35,37,43,46H,8-9,18-19,24-25H2,1-3H3. The number of benzene rings is 1. The van der Waals surface area contributed by atoms with Crippen LogP contribution >= 0.6 is 0 Å². The molecule has 8 rings (SSSR count). The number of allylic oxidation sites excluding steroid dienone is 22. The molecule has 0 heterocycles. The first-order valence-corrected chi connectivity index (χ1v) is 17.9. The number of hydrogen-bond acceptors (Lipinski definition) is 1. The molecule has 0 saturated carbocycles. The van der Waals surface area contributed by atoms with Gasteiger partial charge in [0.05, 0.1) is 0 Å². The van der Waals surface area contributed by atoms with E-state index in [2.05, 4.69) is 118 Å². The molecule has 1 nitrogen and oxygen atoms in total. The summed E-state index contributed by atoms with van der Waals surface area (Å²) in [5, 5.41) is 11.3. The minimum absolute atomic E-state index is 0.134. The van der Waals surface area contributed by atoms with Crippen molar-refractivity contribution in [3.8, 4) is 5.75 Å². The Kier molecular flexibility index (Phi) is 7.76. The Bertz CT molecular complexity index is 1770. The lowest BCUT2D eigenvalue weighted by Gasteiger charge is -2.46. The van der Waals surface area contributed by atoms with Gasteiger partial charge in [0.15, 0.2) is 0 Å². The number of fused-ring (bicyclic) bond motifs is 3. The van der Waals surface area contributed by atoms with E-state index in [0.717, 1.165) is 18.4 Å². The lowest BCUT2D eigenvalue weighted by Crippen LogP contribution is -2.34. The van der Waals surface area contributed by atoms with E-state index < -0.39 is 0 Å². The van der Waals surface area contributed by atoms with Gasteiger partial charge in [-0.25, -0.2) is 0 Å². The number of aromatic hydroxyl groups is 1.